The maximum absolute atomic E-state index is 12.2. The molecule has 1 heterocycles. The minimum atomic E-state index is -0.242. The van der Waals surface area contributed by atoms with Crippen molar-refractivity contribution < 1.29 is 4.79 Å². The fraction of sp³-hybridized carbons (Fsp3) is 0.211. The molecule has 5 heteroatoms. The van der Waals surface area contributed by atoms with Gasteiger partial charge in [-0.3, -0.25) is 9.59 Å². The van der Waals surface area contributed by atoms with Crippen LogP contribution >= 0.6 is 0 Å². The smallest absolute Gasteiger partial charge is 0.270 e. The van der Waals surface area contributed by atoms with Crippen molar-refractivity contribution in [3.05, 3.63) is 69.6 Å². The molecular weight excluding hydrogens is 302 g/mol. The molecule has 0 saturated heterocycles. The Morgan fingerprint density at radius 1 is 1.17 bits per heavy atom. The van der Waals surface area contributed by atoms with E-state index in [0.717, 1.165) is 22.3 Å². The number of aromatic nitrogens is 2. The predicted octanol–water partition coefficient (Wildman–Crippen LogP) is 3.11. The summed E-state index contributed by atoms with van der Waals surface area (Å²) in [4.78, 5) is 31.4. The van der Waals surface area contributed by atoms with Crippen molar-refractivity contribution >= 4 is 22.6 Å². The zero-order chi connectivity index (χ0) is 17.1. The Bertz CT molecular complexity index is 960. The van der Waals surface area contributed by atoms with E-state index in [9.17, 15) is 9.59 Å². The molecule has 0 unspecified atom stereocenters. The Labute approximate surface area is 139 Å². The molecule has 5 nitrogen and oxygen atoms in total. The lowest BCUT2D eigenvalue weighted by Gasteiger charge is -2.09. The monoisotopic (exact) mass is 321 g/mol. The summed E-state index contributed by atoms with van der Waals surface area (Å²) >= 11 is 0. The van der Waals surface area contributed by atoms with Crippen LogP contribution in [-0.4, -0.2) is 15.9 Å². The number of aromatic amines is 1. The first-order valence-corrected chi connectivity index (χ1v) is 7.88. The third-order valence-electron chi connectivity index (χ3n) is 3.93. The van der Waals surface area contributed by atoms with Crippen LogP contribution in [0.5, 0.6) is 0 Å². The highest BCUT2D eigenvalue weighted by Crippen LogP contribution is 2.16. The number of hydrogen-bond donors (Lipinski definition) is 2. The quantitative estimate of drug-likeness (QED) is 0.775. The van der Waals surface area contributed by atoms with Crippen molar-refractivity contribution in [2.75, 3.05) is 5.32 Å². The van der Waals surface area contributed by atoms with Gasteiger partial charge in [-0.05, 0) is 43.2 Å². The van der Waals surface area contributed by atoms with Crippen LogP contribution in [0.4, 0.5) is 5.69 Å². The van der Waals surface area contributed by atoms with Crippen LogP contribution in [0.15, 0.2) is 47.3 Å². The first-order valence-electron chi connectivity index (χ1n) is 7.88. The highest BCUT2D eigenvalue weighted by Gasteiger charge is 2.09. The van der Waals surface area contributed by atoms with Gasteiger partial charge in [-0.2, -0.15) is 0 Å². The summed E-state index contributed by atoms with van der Waals surface area (Å²) in [5.74, 6) is -0.127. The molecule has 0 aliphatic heterocycles. The minimum Gasteiger partial charge on any atom is -0.326 e. The van der Waals surface area contributed by atoms with Crippen molar-refractivity contribution in [3.63, 3.8) is 0 Å². The number of para-hydroxylation sites is 2. The number of fused-ring (bicyclic) bond motifs is 1. The van der Waals surface area contributed by atoms with E-state index in [-0.39, 0.29) is 17.9 Å². The van der Waals surface area contributed by atoms with Crippen LogP contribution in [0, 0.1) is 13.8 Å². The summed E-state index contributed by atoms with van der Waals surface area (Å²) in [5.41, 5.74) is 4.46. The highest BCUT2D eigenvalue weighted by molar-refractivity contribution is 5.91. The van der Waals surface area contributed by atoms with Gasteiger partial charge in [-0.1, -0.05) is 24.3 Å². The van der Waals surface area contributed by atoms with E-state index in [4.69, 9.17) is 0 Å². The van der Waals surface area contributed by atoms with Gasteiger partial charge in [0.05, 0.1) is 11.0 Å². The van der Waals surface area contributed by atoms with E-state index in [1.165, 1.54) is 0 Å². The van der Waals surface area contributed by atoms with Crippen LogP contribution in [0.1, 0.15) is 23.2 Å². The number of rotatable bonds is 4. The average molecular weight is 321 g/mol. The third kappa shape index (κ3) is 3.51. The Hall–Kier alpha value is -2.95. The Kier molecular flexibility index (Phi) is 4.42. The van der Waals surface area contributed by atoms with E-state index < -0.39 is 0 Å². The fourth-order valence-corrected chi connectivity index (χ4v) is 2.55. The lowest BCUT2D eigenvalue weighted by atomic mass is 10.1. The number of H-pyrrole nitrogens is 1. The fourth-order valence-electron chi connectivity index (χ4n) is 2.55. The standard InChI is InChI=1S/C19H19N3O2/c1-12-7-8-13(2)17(11-12)21-18(23)10-9-16-19(24)22-15-6-4-3-5-14(15)20-16/h3-8,11H,9-10H2,1-2H3,(H,21,23)(H,22,24). The number of nitrogens with one attached hydrogen (secondary N) is 2. The second-order valence-electron chi connectivity index (χ2n) is 5.90. The van der Waals surface area contributed by atoms with E-state index in [1.807, 2.05) is 50.2 Å². The molecule has 0 radical (unpaired) electrons. The molecule has 24 heavy (non-hydrogen) atoms. The van der Waals surface area contributed by atoms with Crippen molar-refractivity contribution in [2.24, 2.45) is 0 Å². The molecule has 0 saturated carbocycles. The SMILES string of the molecule is Cc1ccc(C)c(NC(=O)CCc2nc3ccccc3[nH]c2=O)c1. The van der Waals surface area contributed by atoms with E-state index in [1.54, 1.807) is 6.07 Å². The number of aryl methyl sites for hydroxylation is 3. The molecule has 2 aromatic carbocycles. The molecule has 3 rings (SSSR count). The van der Waals surface area contributed by atoms with Gasteiger partial charge < -0.3 is 10.3 Å². The molecule has 0 aliphatic carbocycles. The summed E-state index contributed by atoms with van der Waals surface area (Å²) in [6, 6.07) is 13.3. The highest BCUT2D eigenvalue weighted by atomic mass is 16.1. The molecule has 0 bridgehead atoms. The zero-order valence-electron chi connectivity index (χ0n) is 13.7. The molecule has 0 aliphatic rings. The van der Waals surface area contributed by atoms with E-state index in [0.29, 0.717) is 17.6 Å². The first kappa shape index (κ1) is 15.9. The molecular formula is C19H19N3O2. The topological polar surface area (TPSA) is 74.8 Å². The molecule has 1 aromatic heterocycles. The molecule has 0 fully saturated rings. The summed E-state index contributed by atoms with van der Waals surface area (Å²) in [6.07, 6.45) is 0.513. The Balaban J connectivity index is 1.71. The predicted molar refractivity (Wildman–Crippen MR) is 95.2 cm³/mol. The van der Waals surface area contributed by atoms with Crippen LogP contribution in [0.3, 0.4) is 0 Å². The van der Waals surface area contributed by atoms with Gasteiger partial charge in [-0.15, -0.1) is 0 Å². The zero-order valence-corrected chi connectivity index (χ0v) is 13.7. The van der Waals surface area contributed by atoms with Gasteiger partial charge in [0, 0.05) is 18.5 Å². The van der Waals surface area contributed by atoms with Crippen LogP contribution in [-0.2, 0) is 11.2 Å². The summed E-state index contributed by atoms with van der Waals surface area (Å²) in [6.45, 7) is 3.93. The van der Waals surface area contributed by atoms with Gasteiger partial charge in [0.1, 0.15) is 5.69 Å². The number of carbonyl (C=O) groups is 1. The van der Waals surface area contributed by atoms with Gasteiger partial charge >= 0.3 is 0 Å². The minimum absolute atomic E-state index is 0.127. The number of hydrogen-bond acceptors (Lipinski definition) is 3. The van der Waals surface area contributed by atoms with Crippen LogP contribution < -0.4 is 10.9 Å². The van der Waals surface area contributed by atoms with Crippen molar-refractivity contribution in [2.45, 2.75) is 26.7 Å². The maximum Gasteiger partial charge on any atom is 0.270 e. The molecule has 0 atom stereocenters. The van der Waals surface area contributed by atoms with Gasteiger partial charge in [0.15, 0.2) is 0 Å². The molecule has 2 N–H and O–H groups in total. The lowest BCUT2D eigenvalue weighted by molar-refractivity contribution is -0.116. The van der Waals surface area contributed by atoms with Crippen LogP contribution in [0.25, 0.3) is 11.0 Å². The van der Waals surface area contributed by atoms with Crippen molar-refractivity contribution in [1.29, 1.82) is 0 Å². The second kappa shape index (κ2) is 6.66. The number of anilines is 1. The molecule has 0 spiro atoms. The van der Waals surface area contributed by atoms with E-state index in [2.05, 4.69) is 15.3 Å². The van der Waals surface area contributed by atoms with Crippen molar-refractivity contribution in [1.82, 2.24) is 9.97 Å². The number of amides is 1. The molecule has 122 valence electrons. The second-order valence-corrected chi connectivity index (χ2v) is 5.90. The number of nitrogens with zero attached hydrogens (tertiary/aromatic N) is 1. The Morgan fingerprint density at radius 3 is 2.79 bits per heavy atom. The van der Waals surface area contributed by atoms with Crippen molar-refractivity contribution in [3.8, 4) is 0 Å². The summed E-state index contributed by atoms with van der Waals surface area (Å²) < 4.78 is 0. The summed E-state index contributed by atoms with van der Waals surface area (Å²) in [5, 5.41) is 2.90. The number of benzene rings is 2. The van der Waals surface area contributed by atoms with Gasteiger partial charge in [-0.25, -0.2) is 4.98 Å². The largest absolute Gasteiger partial charge is 0.326 e. The van der Waals surface area contributed by atoms with Gasteiger partial charge in [0.25, 0.3) is 5.56 Å². The average Bonchev–Trinajstić information content (AvgIpc) is 2.56. The first-order chi connectivity index (χ1) is 11.5. The molecule has 3 aromatic rings. The lowest BCUT2D eigenvalue weighted by Crippen LogP contribution is -2.19. The normalized spacial score (nSPS) is 10.8. The van der Waals surface area contributed by atoms with Gasteiger partial charge in [0.2, 0.25) is 5.91 Å². The third-order valence-corrected chi connectivity index (χ3v) is 3.93. The summed E-state index contributed by atoms with van der Waals surface area (Å²) in [7, 11) is 0. The van der Waals surface area contributed by atoms with Crippen LogP contribution in [0.2, 0.25) is 0 Å². The van der Waals surface area contributed by atoms with E-state index >= 15 is 0 Å². The number of carbonyl (C=O) groups excluding carboxylic acids is 1. The molecule has 1 amide bonds. The maximum atomic E-state index is 12.2. The Morgan fingerprint density at radius 2 is 1.96 bits per heavy atom.